The van der Waals surface area contributed by atoms with Gasteiger partial charge in [-0.1, -0.05) is 6.92 Å². The van der Waals surface area contributed by atoms with E-state index < -0.39 is 10.0 Å². The molecule has 0 bridgehead atoms. The summed E-state index contributed by atoms with van der Waals surface area (Å²) in [5, 5.41) is 5.12. The zero-order valence-corrected chi connectivity index (χ0v) is 12.7. The lowest BCUT2D eigenvalue weighted by molar-refractivity contribution is 0.213. The molecule has 1 aromatic rings. The van der Waals surface area contributed by atoms with Crippen molar-refractivity contribution in [3.05, 3.63) is 18.2 Å². The molecule has 7 heteroatoms. The van der Waals surface area contributed by atoms with Crippen LogP contribution in [0.1, 0.15) is 13.3 Å². The first-order valence-electron chi connectivity index (χ1n) is 6.70. The number of nitrogen functional groups attached to an aromatic ring is 1. The van der Waals surface area contributed by atoms with Crippen molar-refractivity contribution in [2.24, 2.45) is 5.14 Å². The average Bonchev–Trinajstić information content (AvgIpc) is 2.37. The van der Waals surface area contributed by atoms with Gasteiger partial charge < -0.3 is 10.6 Å². The maximum atomic E-state index is 11.4. The van der Waals surface area contributed by atoms with E-state index in [-0.39, 0.29) is 10.6 Å². The van der Waals surface area contributed by atoms with E-state index in [1.807, 2.05) is 0 Å². The van der Waals surface area contributed by atoms with E-state index in [2.05, 4.69) is 23.8 Å². The lowest BCUT2D eigenvalue weighted by Gasteiger charge is -2.40. The molecule has 0 amide bonds. The summed E-state index contributed by atoms with van der Waals surface area (Å²) in [6.45, 7) is 4.97. The van der Waals surface area contributed by atoms with E-state index in [9.17, 15) is 8.42 Å². The first kappa shape index (κ1) is 15.1. The Morgan fingerprint density at radius 3 is 2.60 bits per heavy atom. The molecule has 20 heavy (non-hydrogen) atoms. The highest BCUT2D eigenvalue weighted by molar-refractivity contribution is 7.89. The van der Waals surface area contributed by atoms with Crippen LogP contribution in [-0.4, -0.2) is 46.0 Å². The number of piperazine rings is 1. The number of nitrogens with zero attached hydrogens (tertiary/aromatic N) is 2. The van der Waals surface area contributed by atoms with Gasteiger partial charge in [-0.2, -0.15) is 0 Å². The summed E-state index contributed by atoms with van der Waals surface area (Å²) in [6.07, 6.45) is 1.08. The lowest BCUT2D eigenvalue weighted by Crippen LogP contribution is -2.51. The van der Waals surface area contributed by atoms with Gasteiger partial charge in [0.15, 0.2) is 0 Å². The van der Waals surface area contributed by atoms with Crippen molar-refractivity contribution in [3.63, 3.8) is 0 Å². The molecular weight excluding hydrogens is 276 g/mol. The van der Waals surface area contributed by atoms with Crippen LogP contribution < -0.4 is 15.8 Å². The van der Waals surface area contributed by atoms with Gasteiger partial charge in [-0.25, -0.2) is 13.6 Å². The highest BCUT2D eigenvalue weighted by Gasteiger charge is 2.23. The number of nitrogens with two attached hydrogens (primary N) is 2. The number of primary sulfonamides is 1. The summed E-state index contributed by atoms with van der Waals surface area (Å²) < 4.78 is 22.7. The van der Waals surface area contributed by atoms with Gasteiger partial charge in [-0.3, -0.25) is 4.90 Å². The molecule has 4 N–H and O–H groups in total. The molecule has 6 nitrogen and oxygen atoms in total. The largest absolute Gasteiger partial charge is 0.398 e. The molecule has 1 saturated heterocycles. The number of rotatable bonds is 3. The molecule has 1 unspecified atom stereocenters. The van der Waals surface area contributed by atoms with Gasteiger partial charge in [0, 0.05) is 31.4 Å². The maximum Gasteiger partial charge on any atom is 0.240 e. The summed E-state index contributed by atoms with van der Waals surface area (Å²) in [4.78, 5) is 4.57. The number of sulfonamides is 1. The van der Waals surface area contributed by atoms with E-state index in [4.69, 9.17) is 10.9 Å². The first-order valence-corrected chi connectivity index (χ1v) is 8.25. The third-order valence-electron chi connectivity index (χ3n) is 3.91. The van der Waals surface area contributed by atoms with Crippen LogP contribution in [0.2, 0.25) is 0 Å². The molecule has 1 atom stereocenters. The molecule has 0 spiro atoms. The fourth-order valence-corrected chi connectivity index (χ4v) is 3.26. The Hall–Kier alpha value is -1.31. The predicted molar refractivity (Wildman–Crippen MR) is 81.1 cm³/mol. The highest BCUT2D eigenvalue weighted by Crippen LogP contribution is 2.26. The second-order valence-corrected chi connectivity index (χ2v) is 6.79. The molecule has 0 radical (unpaired) electrons. The van der Waals surface area contributed by atoms with Crippen molar-refractivity contribution in [1.82, 2.24) is 4.90 Å². The van der Waals surface area contributed by atoms with Gasteiger partial charge in [-0.15, -0.1) is 0 Å². The second kappa shape index (κ2) is 5.59. The quantitative estimate of drug-likeness (QED) is 0.790. The Balaban J connectivity index is 2.24. The highest BCUT2D eigenvalue weighted by atomic mass is 32.2. The van der Waals surface area contributed by atoms with Crippen LogP contribution >= 0.6 is 0 Å². The average molecular weight is 298 g/mol. The Bertz CT molecular complexity index is 588. The molecule has 1 aliphatic heterocycles. The van der Waals surface area contributed by atoms with Crippen LogP contribution in [0.15, 0.2) is 23.1 Å². The zero-order chi connectivity index (χ0) is 14.9. The van der Waals surface area contributed by atoms with Gasteiger partial charge >= 0.3 is 0 Å². The molecule has 0 aliphatic carbocycles. The molecule has 0 saturated carbocycles. The predicted octanol–water partition coefficient (Wildman–Crippen LogP) is 0.447. The van der Waals surface area contributed by atoms with Gasteiger partial charge in [-0.05, 0) is 31.7 Å². The van der Waals surface area contributed by atoms with Gasteiger partial charge in [0.05, 0.1) is 5.69 Å². The number of benzene rings is 1. The van der Waals surface area contributed by atoms with Crippen LogP contribution in [-0.2, 0) is 10.0 Å². The van der Waals surface area contributed by atoms with Gasteiger partial charge in [0.25, 0.3) is 0 Å². The van der Waals surface area contributed by atoms with Crippen LogP contribution in [0.5, 0.6) is 0 Å². The van der Waals surface area contributed by atoms with Crippen LogP contribution in [0.25, 0.3) is 0 Å². The summed E-state index contributed by atoms with van der Waals surface area (Å²) in [6, 6.07) is 5.45. The summed E-state index contributed by atoms with van der Waals surface area (Å²) in [5.41, 5.74) is 6.96. The van der Waals surface area contributed by atoms with Crippen molar-refractivity contribution in [2.45, 2.75) is 24.3 Å². The van der Waals surface area contributed by atoms with E-state index in [1.165, 1.54) is 6.07 Å². The molecule has 1 aliphatic rings. The van der Waals surface area contributed by atoms with E-state index in [0.717, 1.165) is 31.7 Å². The standard InChI is InChI=1S/C13H22N4O2S/c1-3-10-9-17(7-6-16(10)2)11-4-5-13(12(14)8-11)20(15,18)19/h4-5,8,10H,3,6-7,9,14H2,1-2H3,(H2,15,18,19). The smallest absolute Gasteiger partial charge is 0.240 e. The Kier molecular flexibility index (Phi) is 4.22. The fraction of sp³-hybridized carbons (Fsp3) is 0.538. The number of hydrogen-bond acceptors (Lipinski definition) is 5. The minimum absolute atomic E-state index is 0.0116. The number of hydrogen-bond donors (Lipinski definition) is 2. The minimum atomic E-state index is -3.76. The normalized spacial score (nSPS) is 21.1. The summed E-state index contributed by atoms with van der Waals surface area (Å²) in [7, 11) is -1.63. The molecule has 1 fully saturated rings. The summed E-state index contributed by atoms with van der Waals surface area (Å²) in [5.74, 6) is 0. The molecule has 0 aromatic heterocycles. The van der Waals surface area contributed by atoms with Crippen molar-refractivity contribution in [1.29, 1.82) is 0 Å². The molecule has 112 valence electrons. The van der Waals surface area contributed by atoms with Gasteiger partial charge in [0.1, 0.15) is 4.90 Å². The van der Waals surface area contributed by atoms with Crippen molar-refractivity contribution < 1.29 is 8.42 Å². The van der Waals surface area contributed by atoms with Gasteiger partial charge in [0.2, 0.25) is 10.0 Å². The number of anilines is 2. The summed E-state index contributed by atoms with van der Waals surface area (Å²) >= 11 is 0. The van der Waals surface area contributed by atoms with Crippen molar-refractivity contribution in [3.8, 4) is 0 Å². The number of likely N-dealkylation sites (N-methyl/N-ethyl adjacent to an activating group) is 1. The SMILES string of the molecule is CCC1CN(c2ccc(S(N)(=O)=O)c(N)c2)CCN1C. The van der Waals surface area contributed by atoms with E-state index in [1.54, 1.807) is 12.1 Å². The molecule has 1 heterocycles. The molecule has 2 rings (SSSR count). The third-order valence-corrected chi connectivity index (χ3v) is 4.90. The maximum absolute atomic E-state index is 11.4. The molecular formula is C13H22N4O2S. The van der Waals surface area contributed by atoms with E-state index >= 15 is 0 Å². The topological polar surface area (TPSA) is 92.7 Å². The third kappa shape index (κ3) is 3.05. The second-order valence-electron chi connectivity index (χ2n) is 5.26. The minimum Gasteiger partial charge on any atom is -0.398 e. The van der Waals surface area contributed by atoms with E-state index in [0.29, 0.717) is 6.04 Å². The Morgan fingerprint density at radius 2 is 2.05 bits per heavy atom. The lowest BCUT2D eigenvalue weighted by atomic mass is 10.1. The molecule has 1 aromatic carbocycles. The Labute approximate surface area is 120 Å². The monoisotopic (exact) mass is 298 g/mol. The van der Waals surface area contributed by atoms with Crippen molar-refractivity contribution >= 4 is 21.4 Å². The van der Waals surface area contributed by atoms with Crippen LogP contribution in [0.4, 0.5) is 11.4 Å². The zero-order valence-electron chi connectivity index (χ0n) is 11.9. The van der Waals surface area contributed by atoms with Crippen LogP contribution in [0.3, 0.4) is 0 Å². The fourth-order valence-electron chi connectivity index (χ4n) is 2.61. The van der Waals surface area contributed by atoms with Crippen molar-refractivity contribution in [2.75, 3.05) is 37.3 Å². The van der Waals surface area contributed by atoms with Crippen LogP contribution in [0, 0.1) is 0 Å². The first-order chi connectivity index (χ1) is 9.32. The Morgan fingerprint density at radius 1 is 1.35 bits per heavy atom.